The molecule has 1 aliphatic rings. The summed E-state index contributed by atoms with van der Waals surface area (Å²) in [7, 11) is 0. The largest absolute Gasteiger partial charge is 0.370 e. The smallest absolute Gasteiger partial charge is 0.0785 e. The van der Waals surface area contributed by atoms with Crippen molar-refractivity contribution in [2.24, 2.45) is 0 Å². The fourth-order valence-corrected chi connectivity index (χ4v) is 3.62. The van der Waals surface area contributed by atoms with Crippen LogP contribution in [0.3, 0.4) is 0 Å². The van der Waals surface area contributed by atoms with Crippen molar-refractivity contribution in [3.05, 3.63) is 35.4 Å². The summed E-state index contributed by atoms with van der Waals surface area (Å²) in [5.74, 6) is 0. The predicted molar refractivity (Wildman–Crippen MR) is 94.3 cm³/mol. The first-order valence-electron chi connectivity index (χ1n) is 8.71. The van der Waals surface area contributed by atoms with Gasteiger partial charge in [0, 0.05) is 19.6 Å². The zero-order chi connectivity index (χ0) is 16.4. The van der Waals surface area contributed by atoms with E-state index in [9.17, 15) is 0 Å². The van der Waals surface area contributed by atoms with E-state index in [-0.39, 0.29) is 11.0 Å². The zero-order valence-electron chi connectivity index (χ0n) is 15.3. The maximum atomic E-state index is 6.20. The van der Waals surface area contributed by atoms with Crippen LogP contribution >= 0.6 is 0 Å². The van der Waals surface area contributed by atoms with Gasteiger partial charge < -0.3 is 4.74 Å². The second kappa shape index (κ2) is 6.72. The Bertz CT molecular complexity index is 473. The van der Waals surface area contributed by atoms with Crippen LogP contribution in [-0.4, -0.2) is 29.7 Å². The van der Waals surface area contributed by atoms with Gasteiger partial charge in [0.05, 0.1) is 11.7 Å². The average molecular weight is 303 g/mol. The topological polar surface area (TPSA) is 12.5 Å². The number of hydrogen-bond acceptors (Lipinski definition) is 2. The fourth-order valence-electron chi connectivity index (χ4n) is 3.62. The predicted octanol–water partition coefficient (Wildman–Crippen LogP) is 4.76. The van der Waals surface area contributed by atoms with E-state index < -0.39 is 0 Å². The summed E-state index contributed by atoms with van der Waals surface area (Å²) < 4.78 is 6.20. The van der Waals surface area contributed by atoms with Crippen LogP contribution in [0.1, 0.15) is 65.5 Å². The molecule has 0 saturated carbocycles. The van der Waals surface area contributed by atoms with E-state index in [2.05, 4.69) is 70.7 Å². The Morgan fingerprint density at radius 2 is 1.86 bits per heavy atom. The van der Waals surface area contributed by atoms with E-state index in [4.69, 9.17) is 4.74 Å². The van der Waals surface area contributed by atoms with E-state index in [0.29, 0.717) is 6.10 Å². The van der Waals surface area contributed by atoms with Crippen molar-refractivity contribution >= 4 is 0 Å². The Hall–Kier alpha value is -0.860. The minimum absolute atomic E-state index is 0.0117. The zero-order valence-corrected chi connectivity index (χ0v) is 15.3. The molecule has 2 unspecified atom stereocenters. The minimum Gasteiger partial charge on any atom is -0.370 e. The molecule has 2 heteroatoms. The van der Waals surface area contributed by atoms with E-state index in [1.54, 1.807) is 0 Å². The van der Waals surface area contributed by atoms with E-state index >= 15 is 0 Å². The molecule has 0 amide bonds. The molecule has 2 rings (SSSR count). The standard InChI is InChI=1S/C20H33NO/c1-7-12-20(6)15-21(13-16(2)22-20)14-17-8-10-18(11-9-17)19(3,4)5/h8-11,16H,7,12-15H2,1-6H3. The molecule has 0 N–H and O–H groups in total. The SMILES string of the molecule is CCCC1(C)CN(Cc2ccc(C(C)(C)C)cc2)CC(C)O1. The van der Waals surface area contributed by atoms with E-state index in [0.717, 1.165) is 26.1 Å². The first-order valence-corrected chi connectivity index (χ1v) is 8.71. The maximum Gasteiger partial charge on any atom is 0.0785 e. The van der Waals surface area contributed by atoms with Gasteiger partial charge >= 0.3 is 0 Å². The molecule has 1 saturated heterocycles. The van der Waals surface area contributed by atoms with Crippen molar-refractivity contribution in [3.8, 4) is 0 Å². The van der Waals surface area contributed by atoms with E-state index in [1.165, 1.54) is 17.5 Å². The van der Waals surface area contributed by atoms with Crippen molar-refractivity contribution in [1.29, 1.82) is 0 Å². The van der Waals surface area contributed by atoms with Crippen molar-refractivity contribution in [2.75, 3.05) is 13.1 Å². The van der Waals surface area contributed by atoms with Gasteiger partial charge in [-0.1, -0.05) is 58.4 Å². The monoisotopic (exact) mass is 303 g/mol. The Balaban J connectivity index is 2.03. The lowest BCUT2D eigenvalue weighted by molar-refractivity contribution is -0.144. The summed E-state index contributed by atoms with van der Waals surface area (Å²) in [6, 6.07) is 9.14. The molecule has 0 radical (unpaired) electrons. The lowest BCUT2D eigenvalue weighted by Gasteiger charge is -2.44. The van der Waals surface area contributed by atoms with Crippen molar-refractivity contribution in [2.45, 2.75) is 78.0 Å². The summed E-state index contributed by atoms with van der Waals surface area (Å²) in [5, 5.41) is 0. The molecule has 0 bridgehead atoms. The van der Waals surface area contributed by atoms with Crippen LogP contribution in [0, 0.1) is 0 Å². The normalized spacial score (nSPS) is 27.1. The third-order valence-corrected chi connectivity index (χ3v) is 4.56. The number of morpholine rings is 1. The van der Waals surface area contributed by atoms with Gasteiger partial charge in [0.2, 0.25) is 0 Å². The lowest BCUT2D eigenvalue weighted by atomic mass is 9.86. The van der Waals surface area contributed by atoms with Crippen molar-refractivity contribution in [1.82, 2.24) is 4.90 Å². The summed E-state index contributed by atoms with van der Waals surface area (Å²) in [5.41, 5.74) is 3.05. The number of ether oxygens (including phenoxy) is 1. The fraction of sp³-hybridized carbons (Fsp3) is 0.700. The minimum atomic E-state index is 0.0117. The highest BCUT2D eigenvalue weighted by molar-refractivity contribution is 5.27. The van der Waals surface area contributed by atoms with Crippen molar-refractivity contribution in [3.63, 3.8) is 0 Å². The van der Waals surface area contributed by atoms with Crippen LogP contribution in [-0.2, 0) is 16.7 Å². The van der Waals surface area contributed by atoms with Gasteiger partial charge in [-0.2, -0.15) is 0 Å². The van der Waals surface area contributed by atoms with Crippen LogP contribution < -0.4 is 0 Å². The lowest BCUT2D eigenvalue weighted by Crippen LogP contribution is -2.52. The maximum absolute atomic E-state index is 6.20. The Morgan fingerprint density at radius 1 is 1.23 bits per heavy atom. The second-order valence-electron chi connectivity index (χ2n) is 8.24. The average Bonchev–Trinajstić information content (AvgIpc) is 2.36. The molecule has 0 aliphatic carbocycles. The Kier molecular flexibility index (Phi) is 5.34. The first kappa shape index (κ1) is 17.5. The third-order valence-electron chi connectivity index (χ3n) is 4.56. The Labute approximate surface area is 136 Å². The summed E-state index contributed by atoms with van der Waals surface area (Å²) in [6.07, 6.45) is 2.63. The molecule has 124 valence electrons. The van der Waals surface area contributed by atoms with Crippen LogP contribution in [0.25, 0.3) is 0 Å². The molecular formula is C20H33NO. The quantitative estimate of drug-likeness (QED) is 0.795. The van der Waals surface area contributed by atoms with Gasteiger partial charge in [0.25, 0.3) is 0 Å². The molecule has 2 atom stereocenters. The number of rotatable bonds is 4. The highest BCUT2D eigenvalue weighted by Gasteiger charge is 2.34. The molecule has 1 aliphatic heterocycles. The van der Waals surface area contributed by atoms with Crippen LogP contribution in [0.15, 0.2) is 24.3 Å². The molecule has 1 heterocycles. The molecular weight excluding hydrogens is 270 g/mol. The van der Waals surface area contributed by atoms with Crippen molar-refractivity contribution < 1.29 is 4.74 Å². The molecule has 2 nitrogen and oxygen atoms in total. The van der Waals surface area contributed by atoms with Gasteiger partial charge in [-0.25, -0.2) is 0 Å². The molecule has 1 aromatic rings. The third kappa shape index (κ3) is 4.57. The van der Waals surface area contributed by atoms with Crippen LogP contribution in [0.5, 0.6) is 0 Å². The number of nitrogens with zero attached hydrogens (tertiary/aromatic N) is 1. The highest BCUT2D eigenvalue weighted by atomic mass is 16.5. The summed E-state index contributed by atoms with van der Waals surface area (Å²) in [6.45, 7) is 16.6. The molecule has 22 heavy (non-hydrogen) atoms. The molecule has 0 spiro atoms. The summed E-state index contributed by atoms with van der Waals surface area (Å²) in [4.78, 5) is 2.55. The molecule has 1 fully saturated rings. The molecule has 1 aromatic carbocycles. The first-order chi connectivity index (χ1) is 10.2. The van der Waals surface area contributed by atoms with Crippen LogP contribution in [0.2, 0.25) is 0 Å². The van der Waals surface area contributed by atoms with Gasteiger partial charge in [-0.3, -0.25) is 4.90 Å². The van der Waals surface area contributed by atoms with Gasteiger partial charge in [0.1, 0.15) is 0 Å². The van der Waals surface area contributed by atoms with Gasteiger partial charge in [-0.15, -0.1) is 0 Å². The molecule has 0 aromatic heterocycles. The number of benzene rings is 1. The van der Waals surface area contributed by atoms with Gasteiger partial charge in [-0.05, 0) is 36.8 Å². The Morgan fingerprint density at radius 3 is 2.41 bits per heavy atom. The van der Waals surface area contributed by atoms with Crippen LogP contribution in [0.4, 0.5) is 0 Å². The highest BCUT2D eigenvalue weighted by Crippen LogP contribution is 2.28. The number of hydrogen-bond donors (Lipinski definition) is 0. The second-order valence-corrected chi connectivity index (χ2v) is 8.24. The van der Waals surface area contributed by atoms with Gasteiger partial charge in [0.15, 0.2) is 0 Å². The van der Waals surface area contributed by atoms with E-state index in [1.807, 2.05) is 0 Å². The summed E-state index contributed by atoms with van der Waals surface area (Å²) >= 11 is 0.